The fourth-order valence-corrected chi connectivity index (χ4v) is 4.04. The molecule has 34 heavy (non-hydrogen) atoms. The second-order valence-electron chi connectivity index (χ2n) is 9.97. The third kappa shape index (κ3) is 5.64. The number of carbonyl (C=O) groups is 1. The Morgan fingerprint density at radius 2 is 2.09 bits per heavy atom. The first kappa shape index (κ1) is 23.5. The summed E-state index contributed by atoms with van der Waals surface area (Å²) in [5.41, 5.74) is 9.59. The molecule has 9 nitrogen and oxygen atoms in total. The van der Waals surface area contributed by atoms with Crippen LogP contribution >= 0.6 is 0 Å². The van der Waals surface area contributed by atoms with Gasteiger partial charge in [-0.25, -0.2) is 4.68 Å². The summed E-state index contributed by atoms with van der Waals surface area (Å²) in [5, 5.41) is 21.0. The fourth-order valence-electron chi connectivity index (χ4n) is 4.04. The molecule has 0 radical (unpaired) electrons. The monoisotopic (exact) mass is 462 g/mol. The van der Waals surface area contributed by atoms with Crippen LogP contribution in [0.2, 0.25) is 0 Å². The number of hydrogen-bond donors (Lipinski definition) is 2. The minimum absolute atomic E-state index is 0.0801. The van der Waals surface area contributed by atoms with Gasteiger partial charge >= 0.3 is 0 Å². The van der Waals surface area contributed by atoms with Crippen molar-refractivity contribution in [2.75, 3.05) is 24.3 Å². The van der Waals surface area contributed by atoms with E-state index in [0.29, 0.717) is 42.0 Å². The molecule has 3 N–H and O–H groups in total. The SMILES string of the molecule is CC(C)(C)Cc1cc(NC(=O)Cc2ccc(-c3nn(CC4CCOC4)c(N)c3C#N)cc2)on1. The Labute approximate surface area is 198 Å². The van der Waals surface area contributed by atoms with E-state index < -0.39 is 0 Å². The van der Waals surface area contributed by atoms with E-state index in [1.165, 1.54) is 0 Å². The molecule has 1 saturated heterocycles. The molecule has 1 fully saturated rings. The van der Waals surface area contributed by atoms with Gasteiger partial charge < -0.3 is 15.0 Å². The van der Waals surface area contributed by atoms with Gasteiger partial charge in [-0.2, -0.15) is 10.4 Å². The fraction of sp³-hybridized carbons (Fsp3) is 0.440. The minimum atomic E-state index is -0.198. The summed E-state index contributed by atoms with van der Waals surface area (Å²) in [4.78, 5) is 12.5. The van der Waals surface area contributed by atoms with Gasteiger partial charge in [0.15, 0.2) is 0 Å². The van der Waals surface area contributed by atoms with Crippen LogP contribution in [0.1, 0.15) is 44.0 Å². The zero-order chi connectivity index (χ0) is 24.3. The predicted octanol–water partition coefficient (Wildman–Crippen LogP) is 3.80. The molecule has 2 aromatic heterocycles. The summed E-state index contributed by atoms with van der Waals surface area (Å²) < 4.78 is 12.4. The van der Waals surface area contributed by atoms with E-state index in [1.807, 2.05) is 24.3 Å². The lowest BCUT2D eigenvalue weighted by atomic mass is 9.91. The largest absolute Gasteiger partial charge is 0.383 e. The van der Waals surface area contributed by atoms with Crippen molar-refractivity contribution >= 4 is 17.6 Å². The number of hydrogen-bond acceptors (Lipinski definition) is 7. The first-order valence-electron chi connectivity index (χ1n) is 11.4. The third-order valence-electron chi connectivity index (χ3n) is 5.68. The molecular weight excluding hydrogens is 432 g/mol. The number of amides is 1. The van der Waals surface area contributed by atoms with Crippen molar-refractivity contribution in [1.82, 2.24) is 14.9 Å². The van der Waals surface area contributed by atoms with Crippen molar-refractivity contribution in [3.05, 3.63) is 47.2 Å². The van der Waals surface area contributed by atoms with Crippen LogP contribution in [-0.4, -0.2) is 34.1 Å². The minimum Gasteiger partial charge on any atom is -0.383 e. The number of benzene rings is 1. The highest BCUT2D eigenvalue weighted by atomic mass is 16.5. The average molecular weight is 463 g/mol. The highest BCUT2D eigenvalue weighted by Gasteiger charge is 2.22. The number of carbonyl (C=O) groups excluding carboxylic acids is 1. The van der Waals surface area contributed by atoms with Gasteiger partial charge in [0.05, 0.1) is 18.7 Å². The van der Waals surface area contributed by atoms with Crippen LogP contribution in [0.5, 0.6) is 0 Å². The standard InChI is InChI=1S/C25H30N6O3/c1-25(2,3)12-19-11-22(34-30-19)28-21(32)10-16-4-6-18(7-5-16)23-20(13-26)24(27)31(29-23)14-17-8-9-33-15-17/h4-7,11,17H,8-10,12,14-15,27H2,1-3H3,(H,28,32). The van der Waals surface area contributed by atoms with E-state index in [0.717, 1.165) is 36.3 Å². The molecule has 1 aromatic carbocycles. The molecule has 4 rings (SSSR count). The first-order chi connectivity index (χ1) is 16.2. The van der Waals surface area contributed by atoms with E-state index in [2.05, 4.69) is 42.4 Å². The Bertz CT molecular complexity index is 1190. The molecule has 1 amide bonds. The Morgan fingerprint density at radius 1 is 1.32 bits per heavy atom. The molecule has 0 bridgehead atoms. The molecule has 0 spiro atoms. The number of anilines is 2. The molecule has 9 heteroatoms. The molecule has 1 unspecified atom stereocenters. The second kappa shape index (κ2) is 9.69. The Kier molecular flexibility index (Phi) is 6.70. The number of nitrogen functional groups attached to an aromatic ring is 1. The van der Waals surface area contributed by atoms with E-state index in [9.17, 15) is 10.1 Å². The third-order valence-corrected chi connectivity index (χ3v) is 5.68. The highest BCUT2D eigenvalue weighted by molar-refractivity contribution is 5.91. The molecule has 178 valence electrons. The van der Waals surface area contributed by atoms with E-state index in [1.54, 1.807) is 10.7 Å². The van der Waals surface area contributed by atoms with Crippen LogP contribution < -0.4 is 11.1 Å². The molecule has 1 aliphatic rings. The normalized spacial score (nSPS) is 15.9. The van der Waals surface area contributed by atoms with Crippen molar-refractivity contribution in [3.8, 4) is 17.3 Å². The van der Waals surface area contributed by atoms with E-state index >= 15 is 0 Å². The molecule has 1 aliphatic heterocycles. The van der Waals surface area contributed by atoms with Gasteiger partial charge in [0.2, 0.25) is 11.8 Å². The summed E-state index contributed by atoms with van der Waals surface area (Å²) in [5.74, 6) is 0.853. The Hall–Kier alpha value is -3.64. The summed E-state index contributed by atoms with van der Waals surface area (Å²) >= 11 is 0. The van der Waals surface area contributed by atoms with Gasteiger partial charge in [-0.15, -0.1) is 0 Å². The van der Waals surface area contributed by atoms with Crippen LogP contribution in [0.15, 0.2) is 34.9 Å². The molecule has 1 atom stereocenters. The molecular formula is C25H30N6O3. The summed E-state index contributed by atoms with van der Waals surface area (Å²) in [6, 6.07) is 11.3. The second-order valence-corrected chi connectivity index (χ2v) is 9.97. The van der Waals surface area contributed by atoms with Crippen LogP contribution in [0, 0.1) is 22.7 Å². The number of nitrogens with one attached hydrogen (secondary N) is 1. The van der Waals surface area contributed by atoms with Gasteiger partial charge in [-0.1, -0.05) is 50.2 Å². The van der Waals surface area contributed by atoms with Gasteiger partial charge in [-0.3, -0.25) is 10.1 Å². The van der Waals surface area contributed by atoms with Crippen molar-refractivity contribution in [2.45, 2.75) is 46.6 Å². The zero-order valence-electron chi connectivity index (χ0n) is 19.8. The van der Waals surface area contributed by atoms with Gasteiger partial charge in [0.25, 0.3) is 0 Å². The highest BCUT2D eigenvalue weighted by Crippen LogP contribution is 2.28. The maximum absolute atomic E-state index is 12.5. The number of nitrogens with two attached hydrogens (primary N) is 1. The van der Waals surface area contributed by atoms with Crippen LogP contribution in [0.25, 0.3) is 11.3 Å². The molecule has 0 saturated carbocycles. The molecule has 3 aromatic rings. The quantitative estimate of drug-likeness (QED) is 0.546. The van der Waals surface area contributed by atoms with Crippen LogP contribution in [-0.2, 0) is 28.9 Å². The van der Waals surface area contributed by atoms with Gasteiger partial charge in [-0.05, 0) is 23.8 Å². The van der Waals surface area contributed by atoms with Crippen molar-refractivity contribution in [3.63, 3.8) is 0 Å². The number of aromatic nitrogens is 3. The lowest BCUT2D eigenvalue weighted by Crippen LogP contribution is -2.14. The number of nitrogens with zero attached hydrogens (tertiary/aromatic N) is 4. The van der Waals surface area contributed by atoms with Gasteiger partial charge in [0, 0.05) is 30.7 Å². The Morgan fingerprint density at radius 3 is 2.74 bits per heavy atom. The molecule has 3 heterocycles. The van der Waals surface area contributed by atoms with Crippen LogP contribution in [0.3, 0.4) is 0 Å². The van der Waals surface area contributed by atoms with Gasteiger partial charge in [0.1, 0.15) is 23.1 Å². The Balaban J connectivity index is 1.41. The van der Waals surface area contributed by atoms with E-state index in [4.69, 9.17) is 15.0 Å². The van der Waals surface area contributed by atoms with Crippen molar-refractivity contribution < 1.29 is 14.1 Å². The smallest absolute Gasteiger partial charge is 0.231 e. The number of rotatable bonds is 7. The van der Waals surface area contributed by atoms with Crippen molar-refractivity contribution in [1.29, 1.82) is 5.26 Å². The maximum Gasteiger partial charge on any atom is 0.231 e. The zero-order valence-corrected chi connectivity index (χ0v) is 19.8. The van der Waals surface area contributed by atoms with Crippen molar-refractivity contribution in [2.24, 2.45) is 11.3 Å². The summed E-state index contributed by atoms with van der Waals surface area (Å²) in [7, 11) is 0. The van der Waals surface area contributed by atoms with E-state index in [-0.39, 0.29) is 17.7 Å². The molecule has 0 aliphatic carbocycles. The number of nitriles is 1. The van der Waals surface area contributed by atoms with Crippen LogP contribution in [0.4, 0.5) is 11.7 Å². The maximum atomic E-state index is 12.5. The lowest BCUT2D eigenvalue weighted by Gasteiger charge is -2.14. The first-order valence-corrected chi connectivity index (χ1v) is 11.4. The summed E-state index contributed by atoms with van der Waals surface area (Å²) in [6.07, 6.45) is 1.89. The topological polar surface area (TPSA) is 132 Å². The summed E-state index contributed by atoms with van der Waals surface area (Å²) in [6.45, 7) is 8.40. The number of ether oxygens (including phenoxy) is 1. The lowest BCUT2D eigenvalue weighted by molar-refractivity contribution is -0.115. The predicted molar refractivity (Wildman–Crippen MR) is 128 cm³/mol. The average Bonchev–Trinajstić information content (AvgIpc) is 3.50.